The van der Waals surface area contributed by atoms with Crippen molar-refractivity contribution in [1.82, 2.24) is 9.97 Å². The summed E-state index contributed by atoms with van der Waals surface area (Å²) in [6.45, 7) is 1.59. The Kier molecular flexibility index (Phi) is 4.60. The molecule has 2 heterocycles. The number of hydrogen-bond donors (Lipinski definition) is 0. The standard InChI is InChI=1S/C15H15BrClN3O/c16-11-3-5-14(6-4-11)21-10-13-2-1-7-20(13)15-18-8-12(17)9-19-15/h3-6,8-9,13H,1-2,7,10H2/t13-/m0/s1. The van der Waals surface area contributed by atoms with E-state index in [1.807, 2.05) is 24.3 Å². The summed E-state index contributed by atoms with van der Waals surface area (Å²) in [6, 6.07) is 8.17. The molecule has 1 aromatic carbocycles. The minimum atomic E-state index is 0.301. The Morgan fingerprint density at radius 1 is 1.24 bits per heavy atom. The zero-order valence-corrected chi connectivity index (χ0v) is 13.7. The first-order valence-corrected chi connectivity index (χ1v) is 8.02. The fourth-order valence-electron chi connectivity index (χ4n) is 2.45. The van der Waals surface area contributed by atoms with E-state index in [9.17, 15) is 0 Å². The van der Waals surface area contributed by atoms with Crippen molar-refractivity contribution in [3.05, 3.63) is 46.2 Å². The Bertz CT molecular complexity index is 591. The van der Waals surface area contributed by atoms with E-state index in [0.29, 0.717) is 17.7 Å². The Morgan fingerprint density at radius 3 is 2.67 bits per heavy atom. The van der Waals surface area contributed by atoms with E-state index in [1.165, 1.54) is 0 Å². The highest BCUT2D eigenvalue weighted by atomic mass is 79.9. The molecule has 1 fully saturated rings. The highest BCUT2D eigenvalue weighted by Crippen LogP contribution is 2.24. The van der Waals surface area contributed by atoms with Crippen molar-refractivity contribution in [3.8, 4) is 5.75 Å². The molecule has 0 bridgehead atoms. The molecular weight excluding hydrogens is 354 g/mol. The van der Waals surface area contributed by atoms with Gasteiger partial charge in [0.15, 0.2) is 0 Å². The van der Waals surface area contributed by atoms with Gasteiger partial charge in [0, 0.05) is 11.0 Å². The second kappa shape index (κ2) is 6.62. The fraction of sp³-hybridized carbons (Fsp3) is 0.333. The molecule has 1 saturated heterocycles. The van der Waals surface area contributed by atoms with Crippen molar-refractivity contribution in [2.75, 3.05) is 18.1 Å². The van der Waals surface area contributed by atoms with Gasteiger partial charge in [-0.2, -0.15) is 0 Å². The summed E-state index contributed by atoms with van der Waals surface area (Å²) in [5.74, 6) is 1.60. The lowest BCUT2D eigenvalue weighted by Crippen LogP contribution is -2.35. The number of hydrogen-bond acceptors (Lipinski definition) is 4. The van der Waals surface area contributed by atoms with E-state index in [4.69, 9.17) is 16.3 Å². The third kappa shape index (κ3) is 3.66. The molecule has 0 saturated carbocycles. The average Bonchev–Trinajstić information content (AvgIpc) is 2.96. The molecule has 1 aliphatic heterocycles. The summed E-state index contributed by atoms with van der Waals surface area (Å²) >= 11 is 9.25. The van der Waals surface area contributed by atoms with Crippen molar-refractivity contribution in [1.29, 1.82) is 0 Å². The lowest BCUT2D eigenvalue weighted by molar-refractivity contribution is 0.288. The fourth-order valence-corrected chi connectivity index (χ4v) is 2.81. The molecule has 0 N–H and O–H groups in total. The van der Waals surface area contributed by atoms with Crippen molar-refractivity contribution >= 4 is 33.5 Å². The summed E-state index contributed by atoms with van der Waals surface area (Å²) in [7, 11) is 0. The topological polar surface area (TPSA) is 38.2 Å². The summed E-state index contributed by atoms with van der Waals surface area (Å²) in [6.07, 6.45) is 5.48. The molecule has 0 radical (unpaired) electrons. The largest absolute Gasteiger partial charge is 0.491 e. The third-order valence-electron chi connectivity index (χ3n) is 3.50. The molecule has 0 amide bonds. The van der Waals surface area contributed by atoms with Crippen molar-refractivity contribution in [2.45, 2.75) is 18.9 Å². The zero-order chi connectivity index (χ0) is 14.7. The highest BCUT2D eigenvalue weighted by Gasteiger charge is 2.27. The van der Waals surface area contributed by atoms with Crippen LogP contribution in [0.25, 0.3) is 0 Å². The van der Waals surface area contributed by atoms with Gasteiger partial charge in [-0.3, -0.25) is 0 Å². The summed E-state index contributed by atoms with van der Waals surface area (Å²) in [5.41, 5.74) is 0. The minimum absolute atomic E-state index is 0.301. The smallest absolute Gasteiger partial charge is 0.225 e. The first-order chi connectivity index (χ1) is 10.2. The van der Waals surface area contributed by atoms with Crippen LogP contribution < -0.4 is 9.64 Å². The molecule has 4 nitrogen and oxygen atoms in total. The van der Waals surface area contributed by atoms with Crippen LogP contribution in [0.3, 0.4) is 0 Å². The van der Waals surface area contributed by atoms with Crippen molar-refractivity contribution in [2.24, 2.45) is 0 Å². The normalized spacial score (nSPS) is 18.0. The monoisotopic (exact) mass is 367 g/mol. The van der Waals surface area contributed by atoms with E-state index in [1.54, 1.807) is 12.4 Å². The van der Waals surface area contributed by atoms with Crippen LogP contribution in [0.2, 0.25) is 5.02 Å². The number of ether oxygens (including phenoxy) is 1. The Balaban J connectivity index is 1.64. The third-order valence-corrected chi connectivity index (χ3v) is 4.22. The van der Waals surface area contributed by atoms with E-state index < -0.39 is 0 Å². The second-order valence-electron chi connectivity index (χ2n) is 4.96. The summed E-state index contributed by atoms with van der Waals surface area (Å²) in [4.78, 5) is 10.8. The molecule has 2 aromatic rings. The van der Waals surface area contributed by atoms with Crippen LogP contribution in [-0.4, -0.2) is 29.2 Å². The number of nitrogens with zero attached hydrogens (tertiary/aromatic N) is 3. The number of aromatic nitrogens is 2. The van der Waals surface area contributed by atoms with Crippen LogP contribution in [0.5, 0.6) is 5.75 Å². The molecule has 21 heavy (non-hydrogen) atoms. The molecule has 0 aliphatic carbocycles. The van der Waals surface area contributed by atoms with Crippen LogP contribution in [0.4, 0.5) is 5.95 Å². The van der Waals surface area contributed by atoms with Gasteiger partial charge in [0.05, 0.1) is 23.5 Å². The Labute approximate surface area is 137 Å². The number of benzene rings is 1. The minimum Gasteiger partial charge on any atom is -0.491 e. The van der Waals surface area contributed by atoms with E-state index in [0.717, 1.165) is 35.6 Å². The van der Waals surface area contributed by atoms with Crippen LogP contribution >= 0.6 is 27.5 Å². The molecule has 110 valence electrons. The SMILES string of the molecule is Clc1cnc(N2CCC[C@H]2COc2ccc(Br)cc2)nc1. The van der Waals surface area contributed by atoms with Crippen molar-refractivity contribution < 1.29 is 4.74 Å². The van der Waals surface area contributed by atoms with E-state index in [-0.39, 0.29) is 0 Å². The molecule has 0 spiro atoms. The molecule has 0 unspecified atom stereocenters. The Hall–Kier alpha value is -1.33. The summed E-state index contributed by atoms with van der Waals surface area (Å²) < 4.78 is 6.92. The predicted octanol–water partition coefficient (Wildman–Crippen LogP) is 3.94. The quantitative estimate of drug-likeness (QED) is 0.819. The van der Waals surface area contributed by atoms with Crippen LogP contribution in [-0.2, 0) is 0 Å². The van der Waals surface area contributed by atoms with Gasteiger partial charge < -0.3 is 9.64 Å². The van der Waals surface area contributed by atoms with Gasteiger partial charge >= 0.3 is 0 Å². The van der Waals surface area contributed by atoms with Gasteiger partial charge in [-0.1, -0.05) is 27.5 Å². The lowest BCUT2D eigenvalue weighted by Gasteiger charge is -2.24. The lowest BCUT2D eigenvalue weighted by atomic mass is 10.2. The second-order valence-corrected chi connectivity index (χ2v) is 6.31. The maximum Gasteiger partial charge on any atom is 0.225 e. The van der Waals surface area contributed by atoms with Crippen LogP contribution in [0, 0.1) is 0 Å². The molecule has 1 aliphatic rings. The molecule has 3 rings (SSSR count). The predicted molar refractivity (Wildman–Crippen MR) is 87.0 cm³/mol. The maximum atomic E-state index is 5.88. The first kappa shape index (κ1) is 14.6. The van der Waals surface area contributed by atoms with Gasteiger partial charge in [0.1, 0.15) is 12.4 Å². The number of halogens is 2. The molecule has 6 heteroatoms. The maximum absolute atomic E-state index is 5.88. The van der Waals surface area contributed by atoms with E-state index >= 15 is 0 Å². The summed E-state index contributed by atoms with van der Waals surface area (Å²) in [5, 5.41) is 0.556. The zero-order valence-electron chi connectivity index (χ0n) is 11.4. The number of rotatable bonds is 4. The molecular formula is C15H15BrClN3O. The van der Waals surface area contributed by atoms with Gasteiger partial charge in [-0.25, -0.2) is 9.97 Å². The van der Waals surface area contributed by atoms with Gasteiger partial charge in [-0.05, 0) is 37.1 Å². The van der Waals surface area contributed by atoms with E-state index in [2.05, 4.69) is 30.8 Å². The van der Waals surface area contributed by atoms with Crippen LogP contribution in [0.1, 0.15) is 12.8 Å². The molecule has 1 atom stereocenters. The number of anilines is 1. The average molecular weight is 369 g/mol. The highest BCUT2D eigenvalue weighted by molar-refractivity contribution is 9.10. The van der Waals surface area contributed by atoms with Crippen LogP contribution in [0.15, 0.2) is 41.1 Å². The van der Waals surface area contributed by atoms with Crippen molar-refractivity contribution in [3.63, 3.8) is 0 Å². The van der Waals surface area contributed by atoms with Gasteiger partial charge in [0.25, 0.3) is 0 Å². The first-order valence-electron chi connectivity index (χ1n) is 6.85. The molecule has 1 aromatic heterocycles. The van der Waals surface area contributed by atoms with Gasteiger partial charge in [-0.15, -0.1) is 0 Å². The van der Waals surface area contributed by atoms with Gasteiger partial charge in [0.2, 0.25) is 5.95 Å². The Morgan fingerprint density at radius 2 is 1.95 bits per heavy atom.